The van der Waals surface area contributed by atoms with E-state index in [4.69, 9.17) is 0 Å². The largest absolute Gasteiger partial charge is 0.369 e. The molecular formula is C21H29N3O2S. The number of aryl methyl sites for hydroxylation is 1. The van der Waals surface area contributed by atoms with E-state index in [-0.39, 0.29) is 5.75 Å². The van der Waals surface area contributed by atoms with Crippen molar-refractivity contribution in [2.24, 2.45) is 0 Å². The summed E-state index contributed by atoms with van der Waals surface area (Å²) in [6.07, 6.45) is 0.508. The summed E-state index contributed by atoms with van der Waals surface area (Å²) >= 11 is 0. The van der Waals surface area contributed by atoms with Gasteiger partial charge in [-0.15, -0.1) is 0 Å². The minimum absolute atomic E-state index is 0.0793. The Bertz CT molecular complexity index is 812. The molecule has 1 aliphatic heterocycles. The van der Waals surface area contributed by atoms with E-state index < -0.39 is 10.0 Å². The van der Waals surface area contributed by atoms with Crippen LogP contribution in [-0.4, -0.2) is 51.3 Å². The smallest absolute Gasteiger partial charge is 0.233 e. The fraction of sp³-hybridized carbons (Fsp3) is 0.429. The molecule has 2 aromatic carbocycles. The molecule has 6 heteroatoms. The maximum Gasteiger partial charge on any atom is 0.233 e. The highest BCUT2D eigenvalue weighted by Crippen LogP contribution is 2.21. The normalized spacial score (nSPS) is 15.9. The van der Waals surface area contributed by atoms with E-state index in [1.807, 2.05) is 54.6 Å². The predicted octanol–water partition coefficient (Wildman–Crippen LogP) is 3.20. The van der Waals surface area contributed by atoms with Gasteiger partial charge in [-0.25, -0.2) is 8.42 Å². The minimum atomic E-state index is -3.36. The quantitative estimate of drug-likeness (QED) is 0.793. The Hall–Kier alpha value is -2.05. The Morgan fingerprint density at radius 1 is 0.926 bits per heavy atom. The second-order valence-electron chi connectivity index (χ2n) is 7.32. The van der Waals surface area contributed by atoms with E-state index in [2.05, 4.69) is 28.4 Å². The van der Waals surface area contributed by atoms with Gasteiger partial charge in [0.15, 0.2) is 0 Å². The van der Waals surface area contributed by atoms with Gasteiger partial charge in [-0.1, -0.05) is 30.3 Å². The summed E-state index contributed by atoms with van der Waals surface area (Å²) in [6.45, 7) is 8.58. The topological polar surface area (TPSA) is 52.6 Å². The molecule has 0 spiro atoms. The summed E-state index contributed by atoms with van der Waals surface area (Å²) in [4.78, 5) is 4.83. The molecule has 0 saturated carbocycles. The van der Waals surface area contributed by atoms with Crippen LogP contribution in [0.1, 0.15) is 19.4 Å². The van der Waals surface area contributed by atoms with Crippen molar-refractivity contribution in [1.29, 1.82) is 0 Å². The molecule has 146 valence electrons. The number of sulfonamides is 1. The number of benzene rings is 2. The van der Waals surface area contributed by atoms with E-state index >= 15 is 0 Å². The molecule has 0 aromatic heterocycles. The molecule has 5 nitrogen and oxygen atoms in total. The van der Waals surface area contributed by atoms with Crippen LogP contribution in [0, 0.1) is 0 Å². The lowest BCUT2D eigenvalue weighted by Gasteiger charge is -2.38. The zero-order chi connectivity index (χ0) is 19.3. The molecule has 1 aliphatic rings. The highest BCUT2D eigenvalue weighted by molar-refractivity contribution is 7.92. The van der Waals surface area contributed by atoms with Gasteiger partial charge in [-0.2, -0.15) is 0 Å². The van der Waals surface area contributed by atoms with Crippen molar-refractivity contribution in [3.05, 3.63) is 60.2 Å². The number of piperazine rings is 1. The van der Waals surface area contributed by atoms with Crippen molar-refractivity contribution in [1.82, 2.24) is 4.90 Å². The second kappa shape index (κ2) is 8.76. The van der Waals surface area contributed by atoms with Gasteiger partial charge in [0.2, 0.25) is 10.0 Å². The lowest BCUT2D eigenvalue weighted by atomic mass is 10.2. The van der Waals surface area contributed by atoms with Gasteiger partial charge in [0, 0.05) is 43.6 Å². The predicted molar refractivity (Wildman–Crippen MR) is 113 cm³/mol. The van der Waals surface area contributed by atoms with Crippen molar-refractivity contribution in [3.63, 3.8) is 0 Å². The Balaban J connectivity index is 1.54. The highest BCUT2D eigenvalue weighted by atomic mass is 32.2. The molecule has 1 saturated heterocycles. The van der Waals surface area contributed by atoms with Crippen molar-refractivity contribution in [2.45, 2.75) is 26.3 Å². The number of nitrogens with zero attached hydrogens (tertiary/aromatic N) is 2. The van der Waals surface area contributed by atoms with Crippen molar-refractivity contribution in [2.75, 3.05) is 41.6 Å². The lowest BCUT2D eigenvalue weighted by molar-refractivity contribution is 0.209. The first kappa shape index (κ1) is 19.7. The maximum absolute atomic E-state index is 12.3. The molecule has 1 fully saturated rings. The monoisotopic (exact) mass is 387 g/mol. The third kappa shape index (κ3) is 5.71. The van der Waals surface area contributed by atoms with Crippen LogP contribution in [0.4, 0.5) is 11.4 Å². The SMILES string of the molecule is CC(C)N1CCN(c2ccc(NS(=O)(=O)CCc3ccccc3)cc2)CC1. The molecule has 2 aromatic rings. The fourth-order valence-corrected chi connectivity index (χ4v) is 4.47. The van der Waals surface area contributed by atoms with Crippen LogP contribution in [0.2, 0.25) is 0 Å². The first-order valence-corrected chi connectivity index (χ1v) is 11.2. The van der Waals surface area contributed by atoms with Crippen LogP contribution in [-0.2, 0) is 16.4 Å². The van der Waals surface area contributed by atoms with E-state index in [1.165, 1.54) is 0 Å². The van der Waals surface area contributed by atoms with E-state index in [9.17, 15) is 8.42 Å². The molecule has 0 aliphatic carbocycles. The average Bonchev–Trinajstić information content (AvgIpc) is 2.68. The highest BCUT2D eigenvalue weighted by Gasteiger charge is 2.19. The van der Waals surface area contributed by atoms with Crippen LogP contribution >= 0.6 is 0 Å². The number of nitrogens with one attached hydrogen (secondary N) is 1. The maximum atomic E-state index is 12.3. The van der Waals surface area contributed by atoms with Gasteiger partial charge in [-0.3, -0.25) is 9.62 Å². The molecule has 0 unspecified atom stereocenters. The minimum Gasteiger partial charge on any atom is -0.369 e. The van der Waals surface area contributed by atoms with Gasteiger partial charge in [0.1, 0.15) is 0 Å². The molecule has 1 heterocycles. The van der Waals surface area contributed by atoms with Crippen LogP contribution in [0.3, 0.4) is 0 Å². The van der Waals surface area contributed by atoms with Gasteiger partial charge in [-0.05, 0) is 50.1 Å². The van der Waals surface area contributed by atoms with Crippen LogP contribution in [0.25, 0.3) is 0 Å². The summed E-state index contributed by atoms with van der Waals surface area (Å²) in [5.41, 5.74) is 2.79. The second-order valence-corrected chi connectivity index (χ2v) is 9.16. The molecule has 1 N–H and O–H groups in total. The summed E-state index contributed by atoms with van der Waals surface area (Å²) < 4.78 is 27.4. The number of anilines is 2. The average molecular weight is 388 g/mol. The first-order chi connectivity index (χ1) is 12.9. The molecule has 3 rings (SSSR count). The zero-order valence-electron chi connectivity index (χ0n) is 16.1. The fourth-order valence-electron chi connectivity index (χ4n) is 3.36. The van der Waals surface area contributed by atoms with E-state index in [0.717, 1.165) is 37.4 Å². The van der Waals surface area contributed by atoms with Gasteiger partial charge in [0.25, 0.3) is 0 Å². The summed E-state index contributed by atoms with van der Waals surface area (Å²) in [7, 11) is -3.36. The first-order valence-electron chi connectivity index (χ1n) is 9.56. The summed E-state index contributed by atoms with van der Waals surface area (Å²) in [5, 5.41) is 0. The van der Waals surface area contributed by atoms with Gasteiger partial charge < -0.3 is 4.90 Å². The third-order valence-corrected chi connectivity index (χ3v) is 6.34. The summed E-state index contributed by atoms with van der Waals surface area (Å²) in [5.74, 6) is 0.0793. The van der Waals surface area contributed by atoms with Gasteiger partial charge >= 0.3 is 0 Å². The van der Waals surface area contributed by atoms with Gasteiger partial charge in [0.05, 0.1) is 5.75 Å². The lowest BCUT2D eigenvalue weighted by Crippen LogP contribution is -2.48. The van der Waals surface area contributed by atoms with Crippen LogP contribution in [0.5, 0.6) is 0 Å². The van der Waals surface area contributed by atoms with Crippen molar-refractivity contribution < 1.29 is 8.42 Å². The number of hydrogen-bond donors (Lipinski definition) is 1. The van der Waals surface area contributed by atoms with Crippen molar-refractivity contribution in [3.8, 4) is 0 Å². The Morgan fingerprint density at radius 3 is 2.15 bits per heavy atom. The summed E-state index contributed by atoms with van der Waals surface area (Å²) in [6, 6.07) is 18.0. The van der Waals surface area contributed by atoms with E-state index in [1.54, 1.807) is 0 Å². The molecular weight excluding hydrogens is 358 g/mol. The number of rotatable bonds is 7. The number of hydrogen-bond acceptors (Lipinski definition) is 4. The zero-order valence-corrected chi connectivity index (χ0v) is 17.0. The van der Waals surface area contributed by atoms with Crippen LogP contribution < -0.4 is 9.62 Å². The molecule has 0 radical (unpaired) electrons. The molecule has 0 atom stereocenters. The third-order valence-electron chi connectivity index (χ3n) is 5.05. The Labute approximate surface area is 163 Å². The molecule has 27 heavy (non-hydrogen) atoms. The Morgan fingerprint density at radius 2 is 1.56 bits per heavy atom. The van der Waals surface area contributed by atoms with E-state index in [0.29, 0.717) is 18.2 Å². The molecule has 0 bridgehead atoms. The standard InChI is InChI=1S/C21H29N3O2S/c1-18(2)23-13-15-24(16-14-23)21-10-8-20(9-11-21)22-27(25,26)17-12-19-6-4-3-5-7-19/h3-11,18,22H,12-17H2,1-2H3. The van der Waals surface area contributed by atoms with Crippen LogP contribution in [0.15, 0.2) is 54.6 Å². The van der Waals surface area contributed by atoms with Crippen molar-refractivity contribution >= 4 is 21.4 Å². The molecule has 0 amide bonds. The Kier molecular flexibility index (Phi) is 6.39.